The summed E-state index contributed by atoms with van der Waals surface area (Å²) in [6.45, 7) is -0.142. The van der Waals surface area contributed by atoms with Gasteiger partial charge in [0.15, 0.2) is 0 Å². The maximum absolute atomic E-state index is 8.90. The zero-order valence-corrected chi connectivity index (χ0v) is 10.1. The first kappa shape index (κ1) is 11.3. The lowest BCUT2D eigenvalue weighted by molar-refractivity contribution is 0.276. The molecule has 0 unspecified atom stereocenters. The van der Waals surface area contributed by atoms with E-state index in [0.717, 1.165) is 18.6 Å². The summed E-state index contributed by atoms with van der Waals surface area (Å²) in [5, 5.41) is 8.90. The Morgan fingerprint density at radius 3 is 2.83 bits per heavy atom. The number of oxazole rings is 1. The number of aryl methyl sites for hydroxylation is 2. The van der Waals surface area contributed by atoms with E-state index in [9.17, 15) is 0 Å². The summed E-state index contributed by atoms with van der Waals surface area (Å²) < 4.78 is 10.6. The lowest BCUT2D eigenvalue weighted by Crippen LogP contribution is -2.02. The van der Waals surface area contributed by atoms with E-state index in [4.69, 9.17) is 14.3 Å². The third-order valence-corrected chi connectivity index (χ3v) is 3.22. The van der Waals surface area contributed by atoms with Crippen molar-refractivity contribution in [2.45, 2.75) is 32.3 Å². The molecule has 4 nitrogen and oxygen atoms in total. The molecule has 1 heterocycles. The van der Waals surface area contributed by atoms with E-state index in [1.54, 1.807) is 0 Å². The number of hydrogen-bond donors (Lipinski definition) is 1. The molecule has 0 bridgehead atoms. The molecule has 0 saturated heterocycles. The minimum Gasteiger partial charge on any atom is -0.417 e. The second-order valence-corrected chi connectivity index (χ2v) is 4.50. The summed E-state index contributed by atoms with van der Waals surface area (Å²) in [6.07, 6.45) is 6.35. The molecule has 0 fully saturated rings. The van der Waals surface area contributed by atoms with E-state index in [0.29, 0.717) is 5.69 Å². The number of ether oxygens (including phenoxy) is 1. The highest BCUT2D eigenvalue weighted by Crippen LogP contribution is 2.28. The zero-order chi connectivity index (χ0) is 12.4. The van der Waals surface area contributed by atoms with Gasteiger partial charge in [0.1, 0.15) is 17.7 Å². The second-order valence-electron chi connectivity index (χ2n) is 4.50. The monoisotopic (exact) mass is 245 g/mol. The van der Waals surface area contributed by atoms with Gasteiger partial charge in [-0.3, -0.25) is 0 Å². The number of hydrogen-bond acceptors (Lipinski definition) is 4. The highest BCUT2D eigenvalue weighted by Gasteiger charge is 2.11. The van der Waals surface area contributed by atoms with Crippen LogP contribution in [0.25, 0.3) is 0 Å². The Labute approximate surface area is 105 Å². The van der Waals surface area contributed by atoms with E-state index in [2.05, 4.69) is 17.1 Å². The molecule has 4 heteroatoms. The molecule has 1 N–H and O–H groups in total. The van der Waals surface area contributed by atoms with Crippen molar-refractivity contribution in [1.29, 1.82) is 0 Å². The Bertz CT molecular complexity index is 548. The number of benzene rings is 1. The van der Waals surface area contributed by atoms with Crippen LogP contribution in [-0.2, 0) is 19.4 Å². The van der Waals surface area contributed by atoms with Gasteiger partial charge in [-0.05, 0) is 48.9 Å². The van der Waals surface area contributed by atoms with Crippen LogP contribution in [0.4, 0.5) is 0 Å². The molecule has 18 heavy (non-hydrogen) atoms. The van der Waals surface area contributed by atoms with Crippen LogP contribution >= 0.6 is 0 Å². The van der Waals surface area contributed by atoms with Gasteiger partial charge >= 0.3 is 6.08 Å². The van der Waals surface area contributed by atoms with Gasteiger partial charge in [-0.2, -0.15) is 4.98 Å². The largest absolute Gasteiger partial charge is 0.417 e. The predicted octanol–water partition coefficient (Wildman–Crippen LogP) is 2.84. The van der Waals surface area contributed by atoms with Gasteiger partial charge in [-0.25, -0.2) is 0 Å². The Hall–Kier alpha value is -1.81. The fraction of sp³-hybridized carbons (Fsp3) is 0.357. The third-order valence-electron chi connectivity index (χ3n) is 3.22. The predicted molar refractivity (Wildman–Crippen MR) is 65.6 cm³/mol. The first-order valence-corrected chi connectivity index (χ1v) is 6.20. The minimum atomic E-state index is -0.142. The van der Waals surface area contributed by atoms with Crippen molar-refractivity contribution < 1.29 is 14.3 Å². The van der Waals surface area contributed by atoms with Crippen LogP contribution in [0, 0.1) is 0 Å². The van der Waals surface area contributed by atoms with E-state index in [1.807, 2.05) is 6.07 Å². The first-order chi connectivity index (χ1) is 8.85. The van der Waals surface area contributed by atoms with Crippen molar-refractivity contribution in [2.24, 2.45) is 0 Å². The molecule has 2 aromatic rings. The number of aromatic nitrogens is 1. The van der Waals surface area contributed by atoms with Gasteiger partial charge in [-0.1, -0.05) is 6.07 Å². The van der Waals surface area contributed by atoms with Crippen molar-refractivity contribution in [3.05, 3.63) is 41.3 Å². The highest BCUT2D eigenvalue weighted by atomic mass is 16.6. The summed E-state index contributed by atoms with van der Waals surface area (Å²) in [5.41, 5.74) is 3.24. The SMILES string of the molecule is OCc1coc(Oc2ccc3c(c2)CCCC3)n1. The number of aliphatic hydroxyl groups excluding tert-OH is 1. The van der Waals surface area contributed by atoms with Crippen molar-refractivity contribution in [3.8, 4) is 11.8 Å². The van der Waals surface area contributed by atoms with Gasteiger partial charge < -0.3 is 14.3 Å². The number of fused-ring (bicyclic) bond motifs is 1. The zero-order valence-electron chi connectivity index (χ0n) is 10.1. The van der Waals surface area contributed by atoms with Gasteiger partial charge in [0.05, 0.1) is 6.61 Å². The summed E-state index contributed by atoms with van der Waals surface area (Å²) in [7, 11) is 0. The molecular weight excluding hydrogens is 230 g/mol. The van der Waals surface area contributed by atoms with Crippen LogP contribution in [0.3, 0.4) is 0 Å². The van der Waals surface area contributed by atoms with Crippen molar-refractivity contribution in [1.82, 2.24) is 4.98 Å². The standard InChI is InChI=1S/C14H15NO3/c16-8-12-9-17-14(15-12)18-13-6-5-10-3-1-2-4-11(10)7-13/h5-7,9,16H,1-4,8H2. The molecule has 0 aliphatic heterocycles. The van der Waals surface area contributed by atoms with Gasteiger partial charge in [0.2, 0.25) is 0 Å². The van der Waals surface area contributed by atoms with Crippen LogP contribution in [0.5, 0.6) is 11.8 Å². The van der Waals surface area contributed by atoms with Gasteiger partial charge in [-0.15, -0.1) is 0 Å². The molecule has 94 valence electrons. The Morgan fingerprint density at radius 2 is 2.06 bits per heavy atom. The summed E-state index contributed by atoms with van der Waals surface area (Å²) in [6, 6.07) is 6.10. The quantitative estimate of drug-likeness (QED) is 0.903. The van der Waals surface area contributed by atoms with Crippen LogP contribution in [0.15, 0.2) is 28.9 Å². The third kappa shape index (κ3) is 2.24. The topological polar surface area (TPSA) is 55.5 Å². The molecule has 0 atom stereocenters. The number of aliphatic hydroxyl groups is 1. The van der Waals surface area contributed by atoms with Crippen molar-refractivity contribution in [3.63, 3.8) is 0 Å². The van der Waals surface area contributed by atoms with Crippen molar-refractivity contribution >= 4 is 0 Å². The summed E-state index contributed by atoms with van der Waals surface area (Å²) in [4.78, 5) is 4.00. The smallest absolute Gasteiger partial charge is 0.399 e. The fourth-order valence-electron chi connectivity index (χ4n) is 2.28. The Balaban J connectivity index is 1.80. The Morgan fingerprint density at radius 1 is 1.22 bits per heavy atom. The molecule has 0 amide bonds. The Kier molecular flexibility index (Phi) is 3.02. The average Bonchev–Trinajstić information content (AvgIpc) is 2.86. The lowest BCUT2D eigenvalue weighted by atomic mass is 9.92. The van der Waals surface area contributed by atoms with E-state index in [1.165, 1.54) is 30.2 Å². The molecule has 0 spiro atoms. The van der Waals surface area contributed by atoms with E-state index < -0.39 is 0 Å². The molecule has 1 aliphatic carbocycles. The first-order valence-electron chi connectivity index (χ1n) is 6.20. The molecule has 1 aromatic carbocycles. The van der Waals surface area contributed by atoms with Crippen LogP contribution in [0.2, 0.25) is 0 Å². The number of nitrogens with zero attached hydrogens (tertiary/aromatic N) is 1. The highest BCUT2D eigenvalue weighted by molar-refractivity contribution is 5.37. The molecule has 1 aliphatic rings. The summed E-state index contributed by atoms with van der Waals surface area (Å²) >= 11 is 0. The molecular formula is C14H15NO3. The molecule has 0 radical (unpaired) electrons. The van der Waals surface area contributed by atoms with Gasteiger partial charge in [0.25, 0.3) is 0 Å². The van der Waals surface area contributed by atoms with Crippen LogP contribution in [-0.4, -0.2) is 10.1 Å². The molecule has 0 saturated carbocycles. The maximum atomic E-state index is 8.90. The maximum Gasteiger partial charge on any atom is 0.399 e. The molecule has 3 rings (SSSR count). The molecule has 1 aromatic heterocycles. The van der Waals surface area contributed by atoms with E-state index in [-0.39, 0.29) is 12.7 Å². The minimum absolute atomic E-state index is 0.142. The second kappa shape index (κ2) is 4.82. The van der Waals surface area contributed by atoms with Crippen LogP contribution in [0.1, 0.15) is 29.7 Å². The normalized spacial score (nSPS) is 14.3. The average molecular weight is 245 g/mol. The fourth-order valence-corrected chi connectivity index (χ4v) is 2.28. The summed E-state index contributed by atoms with van der Waals surface area (Å²) in [5.74, 6) is 0.738. The van der Waals surface area contributed by atoms with E-state index >= 15 is 0 Å². The van der Waals surface area contributed by atoms with Crippen molar-refractivity contribution in [2.75, 3.05) is 0 Å². The lowest BCUT2D eigenvalue weighted by Gasteiger charge is -2.15. The van der Waals surface area contributed by atoms with Crippen LogP contribution < -0.4 is 4.74 Å². The number of rotatable bonds is 3. The van der Waals surface area contributed by atoms with Gasteiger partial charge in [0, 0.05) is 0 Å².